The second kappa shape index (κ2) is 7.17. The van der Waals surface area contributed by atoms with E-state index in [0.717, 1.165) is 24.8 Å². The van der Waals surface area contributed by atoms with Gasteiger partial charge in [0.1, 0.15) is 11.7 Å². The van der Waals surface area contributed by atoms with E-state index in [9.17, 15) is 5.11 Å². The zero-order valence-electron chi connectivity index (χ0n) is 14.5. The lowest BCUT2D eigenvalue weighted by molar-refractivity contribution is -0.376. The van der Waals surface area contributed by atoms with Crippen molar-refractivity contribution in [3.05, 3.63) is 48.0 Å². The maximum absolute atomic E-state index is 11.4. The first kappa shape index (κ1) is 17.2. The number of hydrogen-bond acceptors (Lipinski definition) is 5. The molecule has 0 saturated carbocycles. The third-order valence-electron chi connectivity index (χ3n) is 5.59. The number of hydrogen-bond donors (Lipinski definition) is 1. The lowest BCUT2D eigenvalue weighted by Gasteiger charge is -2.53. The molecule has 25 heavy (non-hydrogen) atoms. The molecular weight excluding hydrogens is 320 g/mol. The van der Waals surface area contributed by atoms with Crippen molar-refractivity contribution in [1.82, 2.24) is 0 Å². The molecule has 5 heteroatoms. The standard InChI is InChI=1S/C20H26O5/c1-22-19-20(21)12-8-3-2-7-11-15(20)17-16(24-19)13-23-18(25-17)14-9-5-4-6-10-14/h2,4-7,9-10,15-19,21H,3,8,11-13H2,1H3/t15-,16+,17-,18+,19-,20-/m0/s1. The molecule has 1 aliphatic carbocycles. The lowest BCUT2D eigenvalue weighted by Crippen LogP contribution is -2.66. The van der Waals surface area contributed by atoms with E-state index in [4.69, 9.17) is 18.9 Å². The molecule has 0 amide bonds. The largest absolute Gasteiger partial charge is 0.384 e. The normalized spacial score (nSPS) is 41.3. The average molecular weight is 346 g/mol. The quantitative estimate of drug-likeness (QED) is 0.835. The molecule has 0 aromatic heterocycles. The van der Waals surface area contributed by atoms with E-state index in [1.165, 1.54) is 0 Å². The Morgan fingerprint density at radius 2 is 2.00 bits per heavy atom. The molecular formula is C20H26O5. The molecule has 4 rings (SSSR count). The van der Waals surface area contributed by atoms with Crippen LogP contribution in [0.2, 0.25) is 0 Å². The minimum Gasteiger partial charge on any atom is -0.384 e. The summed E-state index contributed by atoms with van der Waals surface area (Å²) in [6.07, 6.45) is 6.08. The van der Waals surface area contributed by atoms with E-state index in [-0.39, 0.29) is 18.1 Å². The highest BCUT2D eigenvalue weighted by molar-refractivity contribution is 5.17. The van der Waals surface area contributed by atoms with Crippen LogP contribution in [0.25, 0.3) is 0 Å². The molecule has 0 radical (unpaired) electrons. The minimum absolute atomic E-state index is 0.0807. The molecule has 0 bridgehead atoms. The topological polar surface area (TPSA) is 57.2 Å². The van der Waals surface area contributed by atoms with Crippen molar-refractivity contribution >= 4 is 0 Å². The molecule has 0 spiro atoms. The highest BCUT2D eigenvalue weighted by atomic mass is 16.7. The summed E-state index contributed by atoms with van der Waals surface area (Å²) >= 11 is 0. The summed E-state index contributed by atoms with van der Waals surface area (Å²) in [5.74, 6) is -0.0807. The maximum atomic E-state index is 11.4. The molecule has 1 N–H and O–H groups in total. The van der Waals surface area contributed by atoms with Crippen LogP contribution >= 0.6 is 0 Å². The van der Waals surface area contributed by atoms with Gasteiger partial charge in [-0.1, -0.05) is 42.5 Å². The third kappa shape index (κ3) is 3.15. The Bertz CT molecular complexity index is 603. The van der Waals surface area contributed by atoms with Gasteiger partial charge >= 0.3 is 0 Å². The van der Waals surface area contributed by atoms with Crippen LogP contribution in [0.15, 0.2) is 42.5 Å². The summed E-state index contributed by atoms with van der Waals surface area (Å²) in [4.78, 5) is 0. The monoisotopic (exact) mass is 346 g/mol. The van der Waals surface area contributed by atoms with E-state index in [1.54, 1.807) is 7.11 Å². The zero-order valence-corrected chi connectivity index (χ0v) is 14.5. The van der Waals surface area contributed by atoms with Gasteiger partial charge in [-0.25, -0.2) is 0 Å². The summed E-state index contributed by atoms with van der Waals surface area (Å²) in [5, 5.41) is 11.4. The fraction of sp³-hybridized carbons (Fsp3) is 0.600. The van der Waals surface area contributed by atoms with Gasteiger partial charge in [0, 0.05) is 18.6 Å². The number of benzene rings is 1. The van der Waals surface area contributed by atoms with Crippen molar-refractivity contribution < 1.29 is 24.1 Å². The molecule has 5 nitrogen and oxygen atoms in total. The Morgan fingerprint density at radius 1 is 1.16 bits per heavy atom. The molecule has 1 aromatic rings. The molecule has 2 heterocycles. The Kier molecular flexibility index (Phi) is 4.93. The summed E-state index contributed by atoms with van der Waals surface area (Å²) in [6.45, 7) is 0.431. The van der Waals surface area contributed by atoms with Gasteiger partial charge in [0.05, 0.1) is 12.7 Å². The Balaban J connectivity index is 1.62. The van der Waals surface area contributed by atoms with Crippen LogP contribution in [0.3, 0.4) is 0 Å². The second-order valence-electron chi connectivity index (χ2n) is 7.12. The van der Waals surface area contributed by atoms with E-state index in [2.05, 4.69) is 12.2 Å². The third-order valence-corrected chi connectivity index (χ3v) is 5.59. The Labute approximate surface area is 148 Å². The van der Waals surface area contributed by atoms with Gasteiger partial charge in [-0.2, -0.15) is 0 Å². The van der Waals surface area contributed by atoms with Crippen molar-refractivity contribution in [2.75, 3.05) is 13.7 Å². The molecule has 2 saturated heterocycles. The summed E-state index contributed by atoms with van der Waals surface area (Å²) in [5.41, 5.74) is -0.0565. The highest BCUT2D eigenvalue weighted by Gasteiger charge is 2.57. The van der Waals surface area contributed by atoms with Crippen molar-refractivity contribution in [2.24, 2.45) is 5.92 Å². The van der Waals surface area contributed by atoms with E-state index in [1.807, 2.05) is 30.3 Å². The van der Waals surface area contributed by atoms with Crippen molar-refractivity contribution in [2.45, 2.75) is 56.1 Å². The Morgan fingerprint density at radius 3 is 2.80 bits per heavy atom. The van der Waals surface area contributed by atoms with Gasteiger partial charge in [-0.3, -0.25) is 0 Å². The molecule has 2 aliphatic heterocycles. The summed E-state index contributed by atoms with van der Waals surface area (Å²) in [7, 11) is 1.59. The lowest BCUT2D eigenvalue weighted by atomic mass is 9.72. The van der Waals surface area contributed by atoms with Crippen LogP contribution < -0.4 is 0 Å². The number of aliphatic hydroxyl groups is 1. The van der Waals surface area contributed by atoms with Crippen LogP contribution in [0.5, 0.6) is 0 Å². The van der Waals surface area contributed by atoms with Gasteiger partial charge in [-0.05, 0) is 25.7 Å². The fourth-order valence-corrected chi connectivity index (χ4v) is 4.30. The van der Waals surface area contributed by atoms with E-state index < -0.39 is 18.2 Å². The van der Waals surface area contributed by atoms with Crippen molar-refractivity contribution in [3.8, 4) is 0 Å². The smallest absolute Gasteiger partial charge is 0.186 e. The van der Waals surface area contributed by atoms with Crippen LogP contribution in [0.1, 0.15) is 37.5 Å². The first-order valence-electron chi connectivity index (χ1n) is 9.10. The second-order valence-corrected chi connectivity index (χ2v) is 7.12. The van der Waals surface area contributed by atoms with Crippen LogP contribution in [0.4, 0.5) is 0 Å². The van der Waals surface area contributed by atoms with Gasteiger partial charge < -0.3 is 24.1 Å². The maximum Gasteiger partial charge on any atom is 0.186 e. The molecule has 6 atom stereocenters. The predicted octanol–water partition coefficient (Wildman–Crippen LogP) is 2.95. The zero-order chi connectivity index (χ0) is 17.3. The first-order chi connectivity index (χ1) is 12.2. The molecule has 0 unspecified atom stereocenters. The van der Waals surface area contributed by atoms with Gasteiger partial charge in [0.15, 0.2) is 12.6 Å². The predicted molar refractivity (Wildman–Crippen MR) is 91.7 cm³/mol. The van der Waals surface area contributed by atoms with Crippen LogP contribution in [-0.2, 0) is 18.9 Å². The molecule has 1 aromatic carbocycles. The molecule has 136 valence electrons. The van der Waals surface area contributed by atoms with Crippen LogP contribution in [0, 0.1) is 5.92 Å². The first-order valence-corrected chi connectivity index (χ1v) is 9.10. The minimum atomic E-state index is -1.04. The molecule has 2 fully saturated rings. The number of ether oxygens (including phenoxy) is 4. The van der Waals surface area contributed by atoms with Gasteiger partial charge in [-0.15, -0.1) is 0 Å². The SMILES string of the molecule is CO[C@H]1O[C@@H]2CO[C@@H](c3ccccc3)O[C@H]2[C@@H]2CC=CCCC[C@@]12O. The number of fused-ring (bicyclic) bond motifs is 3. The summed E-state index contributed by atoms with van der Waals surface area (Å²) in [6, 6.07) is 9.91. The van der Waals surface area contributed by atoms with Gasteiger partial charge in [0.25, 0.3) is 0 Å². The molecule has 3 aliphatic rings. The average Bonchev–Trinajstić information content (AvgIpc) is 2.64. The van der Waals surface area contributed by atoms with Crippen LogP contribution in [-0.4, -0.2) is 42.9 Å². The fourth-order valence-electron chi connectivity index (χ4n) is 4.30. The number of allylic oxidation sites excluding steroid dienone is 2. The highest BCUT2D eigenvalue weighted by Crippen LogP contribution is 2.46. The summed E-state index contributed by atoms with van der Waals surface area (Å²) < 4.78 is 23.8. The number of rotatable bonds is 2. The van der Waals surface area contributed by atoms with E-state index in [0.29, 0.717) is 13.0 Å². The number of methoxy groups -OCH3 is 1. The van der Waals surface area contributed by atoms with Crippen molar-refractivity contribution in [3.63, 3.8) is 0 Å². The Hall–Kier alpha value is -1.24. The van der Waals surface area contributed by atoms with Crippen molar-refractivity contribution in [1.29, 1.82) is 0 Å². The van der Waals surface area contributed by atoms with E-state index >= 15 is 0 Å². The van der Waals surface area contributed by atoms with Gasteiger partial charge in [0.2, 0.25) is 0 Å².